The van der Waals surface area contributed by atoms with Crippen LogP contribution in [0.25, 0.3) is 0 Å². The van der Waals surface area contributed by atoms with Gasteiger partial charge in [-0.05, 0) is 0 Å². The first-order chi connectivity index (χ1) is 7.90. The van der Waals surface area contributed by atoms with Crippen LogP contribution in [0.4, 0.5) is 5.95 Å². The quantitative estimate of drug-likeness (QED) is 0.377. The number of nitrogen functional groups attached to an aromatic ring is 1. The van der Waals surface area contributed by atoms with Crippen molar-refractivity contribution in [1.82, 2.24) is 20.5 Å². The van der Waals surface area contributed by atoms with Crippen molar-refractivity contribution in [1.29, 1.82) is 0 Å². The summed E-state index contributed by atoms with van der Waals surface area (Å²) in [6.45, 7) is 0. The molecule has 17 heavy (non-hydrogen) atoms. The molecule has 1 aromatic rings. The fraction of sp³-hybridized carbons (Fsp3) is 0.286. The standard InChI is InChI=1S/C7H10N6O4/c8-3(14)1-2(6(16)17)10-5(15)4-11-7(9)13-12-4/h2H,1H2,(H2,8,14)(H,10,15)(H,16,17)(H3,9,11,12,13)/t2-/m0/s1. The van der Waals surface area contributed by atoms with Crippen LogP contribution in [0.15, 0.2) is 0 Å². The van der Waals surface area contributed by atoms with Crippen LogP contribution in [-0.4, -0.2) is 44.1 Å². The maximum absolute atomic E-state index is 11.4. The van der Waals surface area contributed by atoms with Crippen molar-refractivity contribution in [2.45, 2.75) is 12.5 Å². The Morgan fingerprint density at radius 3 is 2.53 bits per heavy atom. The van der Waals surface area contributed by atoms with Gasteiger partial charge in [0.25, 0.3) is 5.91 Å². The topological polar surface area (TPSA) is 177 Å². The second kappa shape index (κ2) is 4.92. The highest BCUT2D eigenvalue weighted by atomic mass is 16.4. The Hall–Kier alpha value is -2.65. The Morgan fingerprint density at radius 1 is 1.47 bits per heavy atom. The first kappa shape index (κ1) is 12.4. The van der Waals surface area contributed by atoms with Crippen LogP contribution in [-0.2, 0) is 9.59 Å². The van der Waals surface area contributed by atoms with E-state index in [1.54, 1.807) is 0 Å². The van der Waals surface area contributed by atoms with E-state index >= 15 is 0 Å². The maximum Gasteiger partial charge on any atom is 0.326 e. The highest BCUT2D eigenvalue weighted by molar-refractivity contribution is 5.95. The van der Waals surface area contributed by atoms with Crippen LogP contribution in [0.2, 0.25) is 0 Å². The predicted octanol–water partition coefficient (Wildman–Crippen LogP) is -2.55. The Balaban J connectivity index is 2.70. The smallest absolute Gasteiger partial charge is 0.326 e. The highest BCUT2D eigenvalue weighted by Gasteiger charge is 2.24. The van der Waals surface area contributed by atoms with Crippen LogP contribution < -0.4 is 16.8 Å². The molecule has 7 N–H and O–H groups in total. The van der Waals surface area contributed by atoms with E-state index in [9.17, 15) is 14.4 Å². The van der Waals surface area contributed by atoms with E-state index in [-0.39, 0.29) is 11.8 Å². The van der Waals surface area contributed by atoms with Gasteiger partial charge in [0.05, 0.1) is 6.42 Å². The number of carboxylic acids is 1. The zero-order valence-corrected chi connectivity index (χ0v) is 8.51. The third kappa shape index (κ3) is 3.44. The Morgan fingerprint density at radius 2 is 2.12 bits per heavy atom. The highest BCUT2D eigenvalue weighted by Crippen LogP contribution is 1.97. The monoisotopic (exact) mass is 242 g/mol. The summed E-state index contributed by atoms with van der Waals surface area (Å²) >= 11 is 0. The third-order valence-corrected chi connectivity index (χ3v) is 1.73. The minimum absolute atomic E-state index is 0.156. The number of carboxylic acid groups (broad SMARTS) is 1. The van der Waals surface area contributed by atoms with Gasteiger partial charge in [-0.1, -0.05) is 0 Å². The van der Waals surface area contributed by atoms with Gasteiger partial charge in [0.15, 0.2) is 0 Å². The van der Waals surface area contributed by atoms with Gasteiger partial charge in [-0.15, -0.1) is 5.10 Å². The van der Waals surface area contributed by atoms with Crippen molar-refractivity contribution in [2.75, 3.05) is 5.73 Å². The number of carbonyl (C=O) groups excluding carboxylic acids is 2. The van der Waals surface area contributed by atoms with Crippen molar-refractivity contribution in [3.63, 3.8) is 0 Å². The van der Waals surface area contributed by atoms with Crippen LogP contribution in [0.5, 0.6) is 0 Å². The molecule has 0 saturated carbocycles. The molecule has 0 aromatic carbocycles. The second-order valence-corrected chi connectivity index (χ2v) is 3.08. The molecular formula is C7H10N6O4. The molecule has 0 aliphatic carbocycles. The number of primary amides is 1. The summed E-state index contributed by atoms with van der Waals surface area (Å²) in [4.78, 5) is 36.2. The molecule has 0 radical (unpaired) electrons. The zero-order chi connectivity index (χ0) is 13.0. The fourth-order valence-corrected chi connectivity index (χ4v) is 1.00. The Labute approximate surface area is 94.4 Å². The number of nitrogens with two attached hydrogens (primary N) is 2. The first-order valence-electron chi connectivity index (χ1n) is 4.40. The van der Waals surface area contributed by atoms with E-state index < -0.39 is 30.2 Å². The molecule has 0 spiro atoms. The van der Waals surface area contributed by atoms with Crippen LogP contribution >= 0.6 is 0 Å². The molecule has 0 aliphatic heterocycles. The molecule has 1 atom stereocenters. The number of aliphatic carboxylic acids is 1. The number of amides is 2. The molecule has 10 heteroatoms. The van der Waals surface area contributed by atoms with Gasteiger partial charge in [-0.25, -0.2) is 4.79 Å². The largest absolute Gasteiger partial charge is 0.480 e. The van der Waals surface area contributed by atoms with Gasteiger partial charge in [0, 0.05) is 0 Å². The van der Waals surface area contributed by atoms with Crippen molar-refractivity contribution >= 4 is 23.7 Å². The molecule has 0 bridgehead atoms. The van der Waals surface area contributed by atoms with E-state index in [1.165, 1.54) is 0 Å². The molecule has 0 aliphatic rings. The van der Waals surface area contributed by atoms with Gasteiger partial charge in [-0.3, -0.25) is 14.7 Å². The molecule has 1 rings (SSSR count). The number of H-pyrrole nitrogens is 1. The lowest BCUT2D eigenvalue weighted by molar-refractivity contribution is -0.140. The lowest BCUT2D eigenvalue weighted by Crippen LogP contribution is -2.43. The third-order valence-electron chi connectivity index (χ3n) is 1.73. The lowest BCUT2D eigenvalue weighted by Gasteiger charge is -2.10. The first-order valence-corrected chi connectivity index (χ1v) is 4.40. The molecule has 0 unspecified atom stereocenters. The van der Waals surface area contributed by atoms with Gasteiger partial charge in [0.2, 0.25) is 17.7 Å². The number of carbonyl (C=O) groups is 3. The SMILES string of the molecule is NC(=O)C[C@H](NC(=O)c1nc(N)n[nH]1)C(=O)O. The normalized spacial score (nSPS) is 11.8. The summed E-state index contributed by atoms with van der Waals surface area (Å²) in [6, 6.07) is -1.42. The molecule has 92 valence electrons. The van der Waals surface area contributed by atoms with Gasteiger partial charge in [-0.2, -0.15) is 4.98 Å². The van der Waals surface area contributed by atoms with Gasteiger partial charge < -0.3 is 21.9 Å². The average molecular weight is 242 g/mol. The number of rotatable bonds is 5. The summed E-state index contributed by atoms with van der Waals surface area (Å²) in [5.41, 5.74) is 10.0. The number of hydrogen-bond donors (Lipinski definition) is 5. The molecule has 2 amide bonds. The Kier molecular flexibility index (Phi) is 3.59. The average Bonchev–Trinajstić information content (AvgIpc) is 2.63. The number of aromatic amines is 1. The summed E-state index contributed by atoms with van der Waals surface area (Å²) in [5, 5.41) is 16.4. The van der Waals surface area contributed by atoms with Crippen molar-refractivity contribution in [3.05, 3.63) is 5.82 Å². The Bertz CT molecular complexity index is 455. The van der Waals surface area contributed by atoms with E-state index in [1.807, 2.05) is 5.32 Å². The van der Waals surface area contributed by atoms with Crippen molar-refractivity contribution < 1.29 is 19.5 Å². The van der Waals surface area contributed by atoms with Crippen molar-refractivity contribution in [3.8, 4) is 0 Å². The molecular weight excluding hydrogens is 232 g/mol. The van der Waals surface area contributed by atoms with E-state index in [0.29, 0.717) is 0 Å². The van der Waals surface area contributed by atoms with Gasteiger partial charge in [0.1, 0.15) is 6.04 Å². The molecule has 1 heterocycles. The van der Waals surface area contributed by atoms with Crippen LogP contribution in [0.3, 0.4) is 0 Å². The summed E-state index contributed by atoms with van der Waals surface area (Å²) in [7, 11) is 0. The summed E-state index contributed by atoms with van der Waals surface area (Å²) in [6.07, 6.45) is -0.523. The van der Waals surface area contributed by atoms with Crippen LogP contribution in [0, 0.1) is 0 Å². The fourth-order valence-electron chi connectivity index (χ4n) is 1.00. The van der Waals surface area contributed by atoms with Gasteiger partial charge >= 0.3 is 5.97 Å². The number of nitrogens with one attached hydrogen (secondary N) is 2. The minimum Gasteiger partial charge on any atom is -0.480 e. The number of hydrogen-bond acceptors (Lipinski definition) is 6. The van der Waals surface area contributed by atoms with E-state index in [4.69, 9.17) is 16.6 Å². The van der Waals surface area contributed by atoms with Crippen LogP contribution in [0.1, 0.15) is 17.0 Å². The summed E-state index contributed by atoms with van der Waals surface area (Å²) in [5.74, 6) is -3.49. The second-order valence-electron chi connectivity index (χ2n) is 3.08. The zero-order valence-electron chi connectivity index (χ0n) is 8.51. The summed E-state index contributed by atoms with van der Waals surface area (Å²) < 4.78 is 0. The molecule has 10 nitrogen and oxygen atoms in total. The molecule has 0 fully saturated rings. The number of nitrogens with zero attached hydrogens (tertiary/aromatic N) is 2. The molecule has 1 aromatic heterocycles. The maximum atomic E-state index is 11.4. The molecule has 0 saturated heterocycles. The van der Waals surface area contributed by atoms with Crippen molar-refractivity contribution in [2.24, 2.45) is 5.73 Å². The van der Waals surface area contributed by atoms with E-state index in [2.05, 4.69) is 15.2 Å². The lowest BCUT2D eigenvalue weighted by atomic mass is 10.2. The number of aromatic nitrogens is 3. The van der Waals surface area contributed by atoms with E-state index in [0.717, 1.165) is 0 Å². The number of anilines is 1. The predicted molar refractivity (Wildman–Crippen MR) is 53.5 cm³/mol. The minimum atomic E-state index is -1.42.